The van der Waals surface area contributed by atoms with Crippen molar-refractivity contribution in [2.24, 2.45) is 0 Å². The molecule has 4 rings (SSSR count). The maximum Gasteiger partial charge on any atom is 0.249 e. The zero-order valence-corrected chi connectivity index (χ0v) is 20.0. The number of anilines is 1. The molecule has 0 bridgehead atoms. The molecule has 0 radical (unpaired) electrons. The molecule has 34 heavy (non-hydrogen) atoms. The van der Waals surface area contributed by atoms with Crippen molar-refractivity contribution in [3.63, 3.8) is 0 Å². The number of methoxy groups -OCH3 is 1. The number of fused-ring (bicyclic) bond motifs is 1. The predicted molar refractivity (Wildman–Crippen MR) is 133 cm³/mol. The zero-order chi connectivity index (χ0) is 23.9. The first-order valence-electron chi connectivity index (χ1n) is 11.1. The van der Waals surface area contributed by atoms with Crippen LogP contribution in [0.4, 0.5) is 5.69 Å². The summed E-state index contributed by atoms with van der Waals surface area (Å²) in [6.07, 6.45) is 0.880. The Bertz CT molecular complexity index is 1240. The summed E-state index contributed by atoms with van der Waals surface area (Å²) in [4.78, 5) is 29.5. The van der Waals surface area contributed by atoms with Gasteiger partial charge in [0.05, 0.1) is 12.1 Å². The first kappa shape index (κ1) is 23.6. The van der Waals surface area contributed by atoms with E-state index in [1.807, 2.05) is 66.0 Å². The van der Waals surface area contributed by atoms with E-state index in [0.29, 0.717) is 24.4 Å². The molecule has 0 unspecified atom stereocenters. The molecule has 2 heterocycles. The highest BCUT2D eigenvalue weighted by Crippen LogP contribution is 2.31. The van der Waals surface area contributed by atoms with Gasteiger partial charge in [0.2, 0.25) is 11.8 Å². The average molecular weight is 478 g/mol. The summed E-state index contributed by atoms with van der Waals surface area (Å²) in [5.74, 6) is -0.531. The van der Waals surface area contributed by atoms with E-state index in [1.54, 1.807) is 16.7 Å². The van der Waals surface area contributed by atoms with Crippen molar-refractivity contribution in [1.29, 1.82) is 0 Å². The normalized spacial score (nSPS) is 11.9. The van der Waals surface area contributed by atoms with Crippen LogP contribution in [-0.4, -0.2) is 47.1 Å². The summed E-state index contributed by atoms with van der Waals surface area (Å²) in [6.45, 7) is 2.75. The molecule has 176 valence electrons. The third kappa shape index (κ3) is 5.16. The van der Waals surface area contributed by atoms with Crippen molar-refractivity contribution in [2.45, 2.75) is 25.9 Å². The minimum absolute atomic E-state index is 0.0523. The van der Waals surface area contributed by atoms with Gasteiger partial charge in [-0.15, -0.1) is 16.4 Å². The molecule has 9 heteroatoms. The molecule has 2 aromatic heterocycles. The number of carbonyl (C=O) groups excluding carboxylic acids is 2. The van der Waals surface area contributed by atoms with Gasteiger partial charge in [0, 0.05) is 24.2 Å². The molecule has 0 spiro atoms. The number of nitrogens with one attached hydrogen (secondary N) is 1. The van der Waals surface area contributed by atoms with Gasteiger partial charge in [-0.05, 0) is 47.7 Å². The fraction of sp³-hybridized carbons (Fsp3) is 0.280. The molecule has 0 aliphatic heterocycles. The van der Waals surface area contributed by atoms with Crippen molar-refractivity contribution >= 4 is 39.9 Å². The number of benzene rings is 2. The van der Waals surface area contributed by atoms with Crippen LogP contribution in [-0.2, 0) is 27.3 Å². The Kier molecular flexibility index (Phi) is 7.66. The number of amides is 2. The monoisotopic (exact) mass is 477 g/mol. The molecule has 0 aliphatic carbocycles. The predicted octanol–water partition coefficient (Wildman–Crippen LogP) is 3.59. The van der Waals surface area contributed by atoms with Crippen molar-refractivity contribution < 1.29 is 14.3 Å². The van der Waals surface area contributed by atoms with Crippen molar-refractivity contribution in [3.05, 3.63) is 76.5 Å². The SMILES string of the molecule is CCc1ccc(N(C(=O)Cn2nnc3ccccc32)[C@H](C(=O)NCCOC)c2cccs2)cc1. The first-order chi connectivity index (χ1) is 16.6. The molecule has 0 fully saturated rings. The largest absolute Gasteiger partial charge is 0.383 e. The topological polar surface area (TPSA) is 89.4 Å². The lowest BCUT2D eigenvalue weighted by Gasteiger charge is -2.30. The number of ether oxygens (including phenoxy) is 1. The number of para-hydroxylation sites is 1. The van der Waals surface area contributed by atoms with E-state index in [9.17, 15) is 9.59 Å². The fourth-order valence-corrected chi connectivity index (χ4v) is 4.57. The zero-order valence-electron chi connectivity index (χ0n) is 19.2. The van der Waals surface area contributed by atoms with E-state index in [0.717, 1.165) is 22.4 Å². The lowest BCUT2D eigenvalue weighted by atomic mass is 10.1. The average Bonchev–Trinajstić information content (AvgIpc) is 3.53. The fourth-order valence-electron chi connectivity index (χ4n) is 3.76. The van der Waals surface area contributed by atoms with Crippen molar-refractivity contribution in [1.82, 2.24) is 20.3 Å². The second-order valence-corrected chi connectivity index (χ2v) is 8.70. The summed E-state index contributed by atoms with van der Waals surface area (Å²) in [6, 6.07) is 18.1. The molecule has 0 saturated heterocycles. The number of thiophene rings is 1. The van der Waals surface area contributed by atoms with Crippen LogP contribution in [0, 0.1) is 0 Å². The quantitative estimate of drug-likeness (QED) is 0.353. The first-order valence-corrected chi connectivity index (χ1v) is 12.0. The molecule has 0 saturated carbocycles. The van der Waals surface area contributed by atoms with Gasteiger partial charge < -0.3 is 10.1 Å². The number of aryl methyl sites for hydroxylation is 1. The smallest absolute Gasteiger partial charge is 0.249 e. The Morgan fingerprint density at radius 3 is 2.62 bits per heavy atom. The third-order valence-electron chi connectivity index (χ3n) is 5.52. The summed E-state index contributed by atoms with van der Waals surface area (Å²) < 4.78 is 6.65. The summed E-state index contributed by atoms with van der Waals surface area (Å²) in [5, 5.41) is 13.1. The number of aromatic nitrogens is 3. The second-order valence-electron chi connectivity index (χ2n) is 7.72. The van der Waals surface area contributed by atoms with Gasteiger partial charge in [0.15, 0.2) is 0 Å². The number of nitrogens with zero attached hydrogens (tertiary/aromatic N) is 4. The van der Waals surface area contributed by atoms with E-state index in [2.05, 4.69) is 22.6 Å². The maximum absolute atomic E-state index is 13.8. The van der Waals surface area contributed by atoms with Gasteiger partial charge in [-0.25, -0.2) is 4.68 Å². The molecule has 4 aromatic rings. The van der Waals surface area contributed by atoms with Gasteiger partial charge >= 0.3 is 0 Å². The number of carbonyl (C=O) groups is 2. The van der Waals surface area contributed by atoms with Crippen LogP contribution >= 0.6 is 11.3 Å². The molecule has 8 nitrogen and oxygen atoms in total. The summed E-state index contributed by atoms with van der Waals surface area (Å²) in [7, 11) is 1.58. The standard InChI is InChI=1S/C25H27N5O3S/c1-3-18-10-12-19(13-11-18)30(23(31)17-29-21-8-5-4-7-20(21)27-28-29)24(22-9-6-16-34-22)25(32)26-14-15-33-2/h4-13,16,24H,3,14-15,17H2,1-2H3,(H,26,32)/t24-/m0/s1. The second kappa shape index (κ2) is 11.0. The van der Waals surface area contributed by atoms with Gasteiger partial charge in [-0.3, -0.25) is 14.5 Å². The molecule has 2 aromatic carbocycles. The van der Waals surface area contributed by atoms with Crippen LogP contribution in [0.3, 0.4) is 0 Å². The van der Waals surface area contributed by atoms with Crippen LogP contribution in [0.15, 0.2) is 66.0 Å². The minimum Gasteiger partial charge on any atom is -0.383 e. The number of hydrogen-bond acceptors (Lipinski definition) is 6. The Morgan fingerprint density at radius 1 is 1.12 bits per heavy atom. The Morgan fingerprint density at radius 2 is 1.91 bits per heavy atom. The highest BCUT2D eigenvalue weighted by molar-refractivity contribution is 7.10. The Hall–Kier alpha value is -3.56. The van der Waals surface area contributed by atoms with E-state index in [4.69, 9.17) is 4.74 Å². The molecule has 1 atom stereocenters. The lowest BCUT2D eigenvalue weighted by molar-refractivity contribution is -0.127. The molecule has 2 amide bonds. The van der Waals surface area contributed by atoms with Crippen LogP contribution in [0.2, 0.25) is 0 Å². The van der Waals surface area contributed by atoms with Crippen LogP contribution in [0.25, 0.3) is 11.0 Å². The van der Waals surface area contributed by atoms with E-state index >= 15 is 0 Å². The molecule has 0 aliphatic rings. The van der Waals surface area contributed by atoms with Crippen LogP contribution in [0.1, 0.15) is 23.4 Å². The minimum atomic E-state index is -0.827. The van der Waals surface area contributed by atoms with Gasteiger partial charge in [0.1, 0.15) is 18.1 Å². The number of hydrogen-bond donors (Lipinski definition) is 1. The molecular formula is C25H27N5O3S. The number of rotatable bonds is 10. The summed E-state index contributed by atoms with van der Waals surface area (Å²) in [5.41, 5.74) is 3.26. The van der Waals surface area contributed by atoms with Crippen LogP contribution < -0.4 is 10.2 Å². The third-order valence-corrected chi connectivity index (χ3v) is 6.45. The van der Waals surface area contributed by atoms with Gasteiger partial charge in [-0.2, -0.15) is 0 Å². The highest BCUT2D eigenvalue weighted by Gasteiger charge is 2.33. The maximum atomic E-state index is 13.8. The highest BCUT2D eigenvalue weighted by atomic mass is 32.1. The van der Waals surface area contributed by atoms with Crippen LogP contribution in [0.5, 0.6) is 0 Å². The van der Waals surface area contributed by atoms with E-state index in [-0.39, 0.29) is 18.4 Å². The van der Waals surface area contributed by atoms with Gasteiger partial charge in [-0.1, -0.05) is 42.5 Å². The Balaban J connectivity index is 1.73. The van der Waals surface area contributed by atoms with Crippen molar-refractivity contribution in [3.8, 4) is 0 Å². The summed E-state index contributed by atoms with van der Waals surface area (Å²) >= 11 is 1.44. The molecule has 1 N–H and O–H groups in total. The Labute approximate surface area is 202 Å². The van der Waals surface area contributed by atoms with E-state index < -0.39 is 6.04 Å². The lowest BCUT2D eigenvalue weighted by Crippen LogP contribution is -2.45. The van der Waals surface area contributed by atoms with Crippen molar-refractivity contribution in [2.75, 3.05) is 25.2 Å². The molecular weight excluding hydrogens is 450 g/mol. The van der Waals surface area contributed by atoms with E-state index in [1.165, 1.54) is 11.3 Å². The van der Waals surface area contributed by atoms with Gasteiger partial charge in [0.25, 0.3) is 0 Å².